The summed E-state index contributed by atoms with van der Waals surface area (Å²) in [6.45, 7) is 3.66. The van der Waals surface area contributed by atoms with Crippen LogP contribution in [-0.2, 0) is 11.9 Å². The highest BCUT2D eigenvalue weighted by Crippen LogP contribution is 2.39. The highest BCUT2D eigenvalue weighted by atomic mass is 35.5. The monoisotopic (exact) mass is 379 g/mol. The number of aromatic nitrogens is 2. The van der Waals surface area contributed by atoms with E-state index in [4.69, 9.17) is 11.6 Å². The number of hydrogen-bond donors (Lipinski definition) is 3. The van der Waals surface area contributed by atoms with Gasteiger partial charge < -0.3 is 10.4 Å². The zero-order valence-corrected chi connectivity index (χ0v) is 14.3. The molecule has 1 heterocycles. The van der Waals surface area contributed by atoms with Gasteiger partial charge in [0, 0.05) is 18.3 Å². The van der Waals surface area contributed by atoms with Crippen molar-refractivity contribution in [3.05, 3.63) is 46.5 Å². The van der Waals surface area contributed by atoms with Gasteiger partial charge in [0.25, 0.3) is 0 Å². The summed E-state index contributed by atoms with van der Waals surface area (Å²) in [6, 6.07) is 3.55. The van der Waals surface area contributed by atoms with Crippen molar-refractivity contribution in [2.75, 3.05) is 5.32 Å². The molecule has 0 unspecified atom stereocenters. The summed E-state index contributed by atoms with van der Waals surface area (Å²) in [6.07, 6.45) is -3.10. The Labute approximate surface area is 147 Å². The number of nitrogens with one attached hydrogen (secondary N) is 2. The number of rotatable bonds is 6. The second-order valence-electron chi connectivity index (χ2n) is 5.98. The molecule has 0 aliphatic carbocycles. The van der Waals surface area contributed by atoms with Gasteiger partial charge in [-0.3, -0.25) is 5.10 Å². The third-order valence-corrected chi connectivity index (χ3v) is 4.26. The Morgan fingerprint density at radius 3 is 2.60 bits per heavy atom. The molecule has 2 atom stereocenters. The van der Waals surface area contributed by atoms with Crippen LogP contribution in [0.3, 0.4) is 0 Å². The molecule has 138 valence electrons. The number of nitrogens with zero attached hydrogens (tertiary/aromatic N) is 1. The van der Waals surface area contributed by atoms with E-state index in [0.29, 0.717) is 6.42 Å². The molecule has 0 fully saturated rings. The summed E-state index contributed by atoms with van der Waals surface area (Å²) in [5.41, 5.74) is -3.51. The normalized spacial score (nSPS) is 15.7. The third-order valence-electron chi connectivity index (χ3n) is 3.97. The van der Waals surface area contributed by atoms with E-state index in [-0.39, 0.29) is 23.0 Å². The van der Waals surface area contributed by atoms with Crippen LogP contribution in [0.4, 0.5) is 23.2 Å². The van der Waals surface area contributed by atoms with Crippen molar-refractivity contribution in [1.29, 1.82) is 0 Å². The van der Waals surface area contributed by atoms with Gasteiger partial charge in [0.05, 0.1) is 10.6 Å². The Morgan fingerprint density at radius 1 is 1.36 bits per heavy atom. The first-order valence-electron chi connectivity index (χ1n) is 7.64. The SMILES string of the molecule is CC[C@H](C)C[C@@](O)(Nc1ccc(F)c(Cl)c1)c1c[nH]nc1C(F)(F)F. The predicted octanol–water partition coefficient (Wildman–Crippen LogP) is 4.91. The quantitative estimate of drug-likeness (QED) is 0.493. The molecule has 0 saturated carbocycles. The summed E-state index contributed by atoms with van der Waals surface area (Å²) in [5, 5.41) is 18.8. The molecule has 25 heavy (non-hydrogen) atoms. The highest BCUT2D eigenvalue weighted by molar-refractivity contribution is 6.31. The fourth-order valence-corrected chi connectivity index (χ4v) is 2.69. The van der Waals surface area contributed by atoms with Crippen LogP contribution in [0, 0.1) is 11.7 Å². The Balaban J connectivity index is 2.47. The van der Waals surface area contributed by atoms with E-state index in [9.17, 15) is 22.7 Å². The van der Waals surface area contributed by atoms with Gasteiger partial charge in [-0.2, -0.15) is 18.3 Å². The maximum atomic E-state index is 13.3. The van der Waals surface area contributed by atoms with Crippen LogP contribution >= 0.6 is 11.6 Å². The Kier molecular flexibility index (Phi) is 5.63. The number of benzene rings is 1. The number of hydrogen-bond acceptors (Lipinski definition) is 3. The van der Waals surface area contributed by atoms with E-state index in [0.717, 1.165) is 12.3 Å². The van der Waals surface area contributed by atoms with Gasteiger partial charge in [-0.1, -0.05) is 31.9 Å². The van der Waals surface area contributed by atoms with Crippen LogP contribution in [0.25, 0.3) is 0 Å². The van der Waals surface area contributed by atoms with Crippen LogP contribution in [-0.4, -0.2) is 15.3 Å². The molecule has 0 aliphatic heterocycles. The first-order valence-corrected chi connectivity index (χ1v) is 8.01. The van der Waals surface area contributed by atoms with Gasteiger partial charge in [-0.05, 0) is 24.1 Å². The van der Waals surface area contributed by atoms with E-state index >= 15 is 0 Å². The minimum atomic E-state index is -4.74. The molecule has 0 radical (unpaired) electrons. The van der Waals surface area contributed by atoms with Crippen molar-refractivity contribution in [3.63, 3.8) is 0 Å². The molecular weight excluding hydrogens is 362 g/mol. The lowest BCUT2D eigenvalue weighted by Crippen LogP contribution is -2.38. The molecule has 2 aromatic rings. The summed E-state index contributed by atoms with van der Waals surface area (Å²) < 4.78 is 52.9. The van der Waals surface area contributed by atoms with Gasteiger partial charge in [-0.25, -0.2) is 4.39 Å². The number of aliphatic hydroxyl groups is 1. The average Bonchev–Trinajstić information content (AvgIpc) is 3.01. The number of alkyl halides is 3. The summed E-state index contributed by atoms with van der Waals surface area (Å²) in [7, 11) is 0. The topological polar surface area (TPSA) is 60.9 Å². The summed E-state index contributed by atoms with van der Waals surface area (Å²) in [4.78, 5) is 0. The van der Waals surface area contributed by atoms with Crippen LogP contribution in [0.2, 0.25) is 5.02 Å². The number of anilines is 1. The summed E-state index contributed by atoms with van der Waals surface area (Å²) >= 11 is 5.71. The van der Waals surface area contributed by atoms with Gasteiger partial charge in [0.1, 0.15) is 5.82 Å². The maximum Gasteiger partial charge on any atom is 0.435 e. The van der Waals surface area contributed by atoms with Crippen molar-refractivity contribution < 1.29 is 22.7 Å². The molecule has 3 N–H and O–H groups in total. The van der Waals surface area contributed by atoms with Gasteiger partial charge >= 0.3 is 6.18 Å². The third kappa shape index (κ3) is 4.43. The van der Waals surface area contributed by atoms with Gasteiger partial charge in [0.15, 0.2) is 11.4 Å². The maximum absolute atomic E-state index is 13.3. The van der Waals surface area contributed by atoms with Crippen molar-refractivity contribution in [2.45, 2.75) is 38.6 Å². The molecule has 9 heteroatoms. The van der Waals surface area contributed by atoms with Crippen molar-refractivity contribution >= 4 is 17.3 Å². The molecule has 0 saturated heterocycles. The number of halogens is 5. The molecule has 1 aromatic heterocycles. The molecule has 4 nitrogen and oxygen atoms in total. The molecule has 0 bridgehead atoms. The van der Waals surface area contributed by atoms with Crippen molar-refractivity contribution in [1.82, 2.24) is 10.2 Å². The lowest BCUT2D eigenvalue weighted by atomic mass is 9.90. The van der Waals surface area contributed by atoms with Crippen LogP contribution < -0.4 is 5.32 Å². The zero-order valence-electron chi connectivity index (χ0n) is 13.6. The van der Waals surface area contributed by atoms with E-state index < -0.39 is 29.0 Å². The van der Waals surface area contributed by atoms with Crippen LogP contribution in [0.15, 0.2) is 24.4 Å². The Bertz CT molecular complexity index is 734. The minimum absolute atomic E-state index is 0.0128. The first-order chi connectivity index (χ1) is 11.6. The molecule has 0 amide bonds. The van der Waals surface area contributed by atoms with Crippen LogP contribution in [0.5, 0.6) is 0 Å². The second-order valence-corrected chi connectivity index (χ2v) is 6.38. The predicted molar refractivity (Wildman–Crippen MR) is 86.6 cm³/mol. The van der Waals surface area contributed by atoms with E-state index in [1.54, 1.807) is 6.92 Å². The minimum Gasteiger partial charge on any atom is -0.367 e. The molecule has 0 spiro atoms. The lowest BCUT2D eigenvalue weighted by molar-refractivity contribution is -0.144. The van der Waals surface area contributed by atoms with E-state index in [1.807, 2.05) is 6.92 Å². The molecule has 2 rings (SSSR count). The number of aromatic amines is 1. The lowest BCUT2D eigenvalue weighted by Gasteiger charge is -2.33. The van der Waals surface area contributed by atoms with Crippen LogP contribution in [0.1, 0.15) is 37.9 Å². The average molecular weight is 380 g/mol. The highest BCUT2D eigenvalue weighted by Gasteiger charge is 2.44. The second kappa shape index (κ2) is 7.21. The largest absolute Gasteiger partial charge is 0.435 e. The fraction of sp³-hybridized carbons (Fsp3) is 0.438. The van der Waals surface area contributed by atoms with E-state index in [1.165, 1.54) is 12.1 Å². The summed E-state index contributed by atoms with van der Waals surface area (Å²) in [5.74, 6) is -0.763. The number of H-pyrrole nitrogens is 1. The van der Waals surface area contributed by atoms with E-state index in [2.05, 4.69) is 15.5 Å². The van der Waals surface area contributed by atoms with Gasteiger partial charge in [-0.15, -0.1) is 0 Å². The molecular formula is C16H18ClF4N3O. The first kappa shape index (κ1) is 19.5. The smallest absolute Gasteiger partial charge is 0.367 e. The standard InChI is InChI=1S/C16H18ClF4N3O/c1-3-9(2)7-15(25,11-8-22-24-14(11)16(19,20)21)23-10-4-5-13(18)12(17)6-10/h4-6,8-9,23,25H,3,7H2,1-2H3,(H,22,24)/t9-,15-/m0/s1. The van der Waals surface area contributed by atoms with Crippen molar-refractivity contribution in [3.8, 4) is 0 Å². The van der Waals surface area contributed by atoms with Gasteiger partial charge in [0.2, 0.25) is 0 Å². The Hall–Kier alpha value is -1.80. The zero-order chi connectivity index (χ0) is 18.8. The fourth-order valence-electron chi connectivity index (χ4n) is 2.51. The molecule has 0 aliphatic rings. The molecule has 1 aromatic carbocycles. The Morgan fingerprint density at radius 2 is 2.04 bits per heavy atom. The van der Waals surface area contributed by atoms with Crippen molar-refractivity contribution in [2.24, 2.45) is 5.92 Å².